The van der Waals surface area contributed by atoms with E-state index in [4.69, 9.17) is 4.74 Å². The smallest absolute Gasteiger partial charge is 0.342 e. The fourth-order valence-corrected chi connectivity index (χ4v) is 4.00. The van der Waals surface area contributed by atoms with Crippen LogP contribution in [-0.2, 0) is 4.74 Å². The second-order valence-electron chi connectivity index (χ2n) is 8.31. The van der Waals surface area contributed by atoms with Crippen molar-refractivity contribution in [3.8, 4) is 5.75 Å². The van der Waals surface area contributed by atoms with Crippen LogP contribution in [0, 0.1) is 6.92 Å². The molecule has 140 valence electrons. The molecule has 0 radical (unpaired) electrons. The Kier molecular flexibility index (Phi) is 4.45. The first-order chi connectivity index (χ1) is 12.0. The molecule has 0 unspecified atom stereocenters. The number of aromatic nitrogens is 1. The fourth-order valence-electron chi connectivity index (χ4n) is 4.00. The number of aromatic hydroxyl groups is 1. The van der Waals surface area contributed by atoms with Crippen LogP contribution in [0.2, 0.25) is 0 Å². The second-order valence-corrected chi connectivity index (χ2v) is 8.31. The average molecular weight is 358 g/mol. The van der Waals surface area contributed by atoms with Crippen molar-refractivity contribution in [2.24, 2.45) is 0 Å². The standard InChI is InChI=1S/C20H26N2O4/c1-12-17(23)16(14-8-6-7-9-15(14)21-12)18(24)26-13-10-19(2,3)22(25)20(4,5)11-13/h6-9,13,23,25H,10-11H2,1-5H3. The lowest BCUT2D eigenvalue weighted by molar-refractivity contribution is -0.256. The molecule has 2 N–H and O–H groups in total. The van der Waals surface area contributed by atoms with E-state index >= 15 is 0 Å². The number of carbonyl (C=O) groups excluding carboxylic acids is 1. The first-order valence-electron chi connectivity index (χ1n) is 8.81. The van der Waals surface area contributed by atoms with Gasteiger partial charge in [-0.1, -0.05) is 18.2 Å². The van der Waals surface area contributed by atoms with Gasteiger partial charge in [-0.3, -0.25) is 0 Å². The van der Waals surface area contributed by atoms with Crippen LogP contribution in [0.3, 0.4) is 0 Å². The van der Waals surface area contributed by atoms with E-state index in [2.05, 4.69) is 4.98 Å². The number of esters is 1. The van der Waals surface area contributed by atoms with Crippen molar-refractivity contribution >= 4 is 16.9 Å². The van der Waals surface area contributed by atoms with Gasteiger partial charge in [-0.25, -0.2) is 9.78 Å². The van der Waals surface area contributed by atoms with Gasteiger partial charge in [0.25, 0.3) is 0 Å². The molecule has 0 bridgehead atoms. The molecule has 1 aromatic heterocycles. The Morgan fingerprint density at radius 3 is 2.38 bits per heavy atom. The first kappa shape index (κ1) is 18.6. The Morgan fingerprint density at radius 1 is 1.19 bits per heavy atom. The van der Waals surface area contributed by atoms with Crippen molar-refractivity contribution < 1.29 is 19.8 Å². The lowest BCUT2D eigenvalue weighted by atomic mass is 9.80. The molecule has 1 fully saturated rings. The number of aryl methyl sites for hydroxylation is 1. The van der Waals surface area contributed by atoms with Gasteiger partial charge in [0.15, 0.2) is 5.75 Å². The number of carbonyl (C=O) groups is 1. The third kappa shape index (κ3) is 3.15. The SMILES string of the molecule is Cc1nc2ccccc2c(C(=O)OC2CC(C)(C)N(O)C(C)(C)C2)c1O. The van der Waals surface area contributed by atoms with Crippen molar-refractivity contribution in [1.29, 1.82) is 0 Å². The third-order valence-corrected chi connectivity index (χ3v) is 5.12. The van der Waals surface area contributed by atoms with Crippen LogP contribution >= 0.6 is 0 Å². The molecule has 0 saturated carbocycles. The Labute approximate surface area is 153 Å². The number of rotatable bonds is 2. The van der Waals surface area contributed by atoms with Gasteiger partial charge < -0.3 is 15.1 Å². The molecule has 6 heteroatoms. The summed E-state index contributed by atoms with van der Waals surface area (Å²) < 4.78 is 5.78. The molecule has 1 aliphatic heterocycles. The topological polar surface area (TPSA) is 82.9 Å². The van der Waals surface area contributed by atoms with E-state index in [9.17, 15) is 15.1 Å². The van der Waals surface area contributed by atoms with Crippen molar-refractivity contribution in [2.75, 3.05) is 0 Å². The summed E-state index contributed by atoms with van der Waals surface area (Å²) in [6.45, 7) is 9.32. The first-order valence-corrected chi connectivity index (χ1v) is 8.81. The number of hydroxylamine groups is 2. The maximum Gasteiger partial charge on any atom is 0.342 e. The Morgan fingerprint density at radius 2 is 1.77 bits per heavy atom. The van der Waals surface area contributed by atoms with Crippen LogP contribution in [-0.4, -0.2) is 43.5 Å². The molecule has 2 aromatic rings. The number of hydrogen-bond donors (Lipinski definition) is 2. The number of ether oxygens (including phenoxy) is 1. The van der Waals surface area contributed by atoms with Crippen molar-refractivity contribution in [1.82, 2.24) is 10.0 Å². The van der Waals surface area contributed by atoms with Crippen LogP contribution in [0.5, 0.6) is 5.75 Å². The average Bonchev–Trinajstić information content (AvgIpc) is 2.53. The predicted molar refractivity (Wildman–Crippen MR) is 98.4 cm³/mol. The van der Waals surface area contributed by atoms with E-state index in [-0.39, 0.29) is 17.4 Å². The molecule has 1 saturated heterocycles. The highest BCUT2D eigenvalue weighted by atomic mass is 16.5. The van der Waals surface area contributed by atoms with Crippen LogP contribution in [0.25, 0.3) is 10.9 Å². The van der Waals surface area contributed by atoms with E-state index in [1.807, 2.05) is 33.8 Å². The van der Waals surface area contributed by atoms with Gasteiger partial charge in [0.2, 0.25) is 0 Å². The number of nitrogens with zero attached hydrogens (tertiary/aromatic N) is 2. The Bertz CT molecular complexity index is 842. The molecule has 0 atom stereocenters. The zero-order valence-electron chi connectivity index (χ0n) is 15.9. The summed E-state index contributed by atoms with van der Waals surface area (Å²) in [5.41, 5.74) is 0.132. The van der Waals surface area contributed by atoms with Gasteiger partial charge in [-0.15, -0.1) is 0 Å². The van der Waals surface area contributed by atoms with Gasteiger partial charge in [-0.05, 0) is 40.7 Å². The highest BCUT2D eigenvalue weighted by Gasteiger charge is 2.46. The molecule has 1 aromatic carbocycles. The Balaban J connectivity index is 1.94. The number of benzene rings is 1. The largest absolute Gasteiger partial charge is 0.505 e. The lowest BCUT2D eigenvalue weighted by Crippen LogP contribution is -2.60. The number of hydrogen-bond acceptors (Lipinski definition) is 6. The molecule has 0 amide bonds. The quantitative estimate of drug-likeness (QED) is 0.794. The van der Waals surface area contributed by atoms with Gasteiger partial charge in [-0.2, -0.15) is 5.06 Å². The van der Waals surface area contributed by atoms with E-state index in [1.54, 1.807) is 25.1 Å². The van der Waals surface area contributed by atoms with E-state index in [0.717, 1.165) is 0 Å². The number of pyridine rings is 1. The minimum absolute atomic E-state index is 0.146. The van der Waals surface area contributed by atoms with Gasteiger partial charge >= 0.3 is 5.97 Å². The molecular formula is C20H26N2O4. The summed E-state index contributed by atoms with van der Waals surface area (Å²) in [4.78, 5) is 17.2. The highest BCUT2D eigenvalue weighted by Crippen LogP contribution is 2.39. The third-order valence-electron chi connectivity index (χ3n) is 5.12. The second kappa shape index (κ2) is 6.21. The summed E-state index contributed by atoms with van der Waals surface area (Å²) in [6.07, 6.45) is 0.644. The van der Waals surface area contributed by atoms with E-state index in [0.29, 0.717) is 29.4 Å². The van der Waals surface area contributed by atoms with Crippen molar-refractivity contribution in [2.45, 2.75) is 64.6 Å². The molecule has 26 heavy (non-hydrogen) atoms. The molecule has 2 heterocycles. The minimum atomic E-state index is -0.563. The maximum atomic E-state index is 12.9. The molecular weight excluding hydrogens is 332 g/mol. The molecule has 1 aliphatic rings. The van der Waals surface area contributed by atoms with Crippen LogP contribution in [0.15, 0.2) is 24.3 Å². The predicted octanol–water partition coefficient (Wildman–Crippen LogP) is 3.82. The number of fused-ring (bicyclic) bond motifs is 1. The summed E-state index contributed by atoms with van der Waals surface area (Å²) in [5.74, 6) is -0.709. The fraction of sp³-hybridized carbons (Fsp3) is 0.500. The van der Waals surface area contributed by atoms with Gasteiger partial charge in [0.1, 0.15) is 11.7 Å². The zero-order chi connectivity index (χ0) is 19.3. The van der Waals surface area contributed by atoms with Crippen molar-refractivity contribution in [3.63, 3.8) is 0 Å². The zero-order valence-corrected chi connectivity index (χ0v) is 15.9. The summed E-state index contributed by atoms with van der Waals surface area (Å²) in [5, 5.41) is 22.7. The van der Waals surface area contributed by atoms with Crippen LogP contribution in [0.1, 0.15) is 56.6 Å². The Hall–Kier alpha value is -2.18. The molecule has 6 nitrogen and oxygen atoms in total. The van der Waals surface area contributed by atoms with Gasteiger partial charge in [0, 0.05) is 29.3 Å². The van der Waals surface area contributed by atoms with E-state index in [1.165, 1.54) is 5.06 Å². The lowest BCUT2D eigenvalue weighted by Gasteiger charge is -2.50. The monoisotopic (exact) mass is 358 g/mol. The molecule has 3 rings (SSSR count). The summed E-state index contributed by atoms with van der Waals surface area (Å²) in [7, 11) is 0. The van der Waals surface area contributed by atoms with Gasteiger partial charge in [0.05, 0.1) is 11.2 Å². The van der Waals surface area contributed by atoms with Crippen LogP contribution < -0.4 is 0 Å². The number of piperidine rings is 1. The molecule has 0 aliphatic carbocycles. The number of para-hydroxylation sites is 1. The minimum Gasteiger partial charge on any atom is -0.505 e. The van der Waals surface area contributed by atoms with Crippen molar-refractivity contribution in [3.05, 3.63) is 35.5 Å². The van der Waals surface area contributed by atoms with Crippen LogP contribution in [0.4, 0.5) is 0 Å². The normalized spacial score (nSPS) is 20.2. The highest BCUT2D eigenvalue weighted by molar-refractivity contribution is 6.06. The maximum absolute atomic E-state index is 12.9. The van der Waals surface area contributed by atoms with E-state index < -0.39 is 17.0 Å². The summed E-state index contributed by atoms with van der Waals surface area (Å²) in [6, 6.07) is 7.19. The summed E-state index contributed by atoms with van der Waals surface area (Å²) >= 11 is 0. The molecule has 0 spiro atoms.